The van der Waals surface area contributed by atoms with E-state index in [-0.39, 0.29) is 5.78 Å². The van der Waals surface area contributed by atoms with Crippen LogP contribution in [0.5, 0.6) is 0 Å². The van der Waals surface area contributed by atoms with Crippen LogP contribution in [-0.2, 0) is 6.54 Å². The number of Topliss-reactive ketones (excluding diaryl/α,β-unsaturated/α-hetero) is 1. The van der Waals surface area contributed by atoms with E-state index < -0.39 is 0 Å². The van der Waals surface area contributed by atoms with E-state index in [1.807, 2.05) is 41.2 Å². The number of ketones is 1. The Hall–Kier alpha value is -2.88. The average Bonchev–Trinajstić information content (AvgIpc) is 2.97. The molecule has 0 aliphatic rings. The van der Waals surface area contributed by atoms with Gasteiger partial charge in [0.25, 0.3) is 0 Å². The second-order valence-electron chi connectivity index (χ2n) is 5.24. The van der Waals surface area contributed by atoms with Gasteiger partial charge in [-0.05, 0) is 18.6 Å². The third-order valence-electron chi connectivity index (χ3n) is 3.58. The number of nitrogens with zero attached hydrogens (tertiary/aromatic N) is 2. The van der Waals surface area contributed by atoms with Crippen LogP contribution in [-0.4, -0.2) is 10.4 Å². The summed E-state index contributed by atoms with van der Waals surface area (Å²) in [6.07, 6.45) is 5.23. The highest BCUT2D eigenvalue weighted by Crippen LogP contribution is 2.18. The molecule has 3 rings (SSSR count). The Balaban J connectivity index is 1.91. The van der Waals surface area contributed by atoms with Crippen LogP contribution in [0.2, 0.25) is 0 Å². The number of carbonyl (C=O) groups excluding carboxylic acids is 1. The molecule has 0 spiro atoms. The number of carbonyl (C=O) groups is 1. The Kier molecular flexibility index (Phi) is 3.74. The van der Waals surface area contributed by atoms with Crippen LogP contribution in [0.3, 0.4) is 0 Å². The Labute approximate surface area is 128 Å². The number of pyridine rings is 1. The molecule has 0 aliphatic carbocycles. The summed E-state index contributed by atoms with van der Waals surface area (Å²) in [5.41, 5.74) is 3.02. The molecule has 0 saturated carbocycles. The molecule has 0 atom stereocenters. The summed E-state index contributed by atoms with van der Waals surface area (Å²) in [6.45, 7) is 2.24. The summed E-state index contributed by atoms with van der Waals surface area (Å²) in [4.78, 5) is 11.5. The summed E-state index contributed by atoms with van der Waals surface area (Å²) in [7, 11) is 0. The van der Waals surface area contributed by atoms with E-state index in [2.05, 4.69) is 12.1 Å². The number of hydrogen-bond donors (Lipinski definition) is 0. The fourth-order valence-corrected chi connectivity index (χ4v) is 2.40. The maximum Gasteiger partial charge on any atom is 0.226 e. The fourth-order valence-electron chi connectivity index (χ4n) is 2.40. The molecular formula is C18H16N2O2. The van der Waals surface area contributed by atoms with E-state index in [0.29, 0.717) is 11.3 Å². The highest BCUT2D eigenvalue weighted by atomic mass is 16.5. The first-order valence-electron chi connectivity index (χ1n) is 7.08. The zero-order valence-electron chi connectivity index (χ0n) is 12.3. The highest BCUT2D eigenvalue weighted by Gasteiger charge is 2.13. The summed E-state index contributed by atoms with van der Waals surface area (Å²) in [5.74, 6) is -0.0504. The Bertz CT molecular complexity index is 807. The molecule has 2 heterocycles. The van der Waals surface area contributed by atoms with Crippen molar-refractivity contribution < 1.29 is 9.52 Å². The molecule has 2 aromatic heterocycles. The largest absolute Gasteiger partial charge is 0.618 e. The van der Waals surface area contributed by atoms with Gasteiger partial charge in [0.05, 0.1) is 5.56 Å². The number of hydrogen-bond acceptors (Lipinski definition) is 2. The molecular weight excluding hydrogens is 276 g/mol. The Morgan fingerprint density at radius 1 is 1.18 bits per heavy atom. The molecule has 0 radical (unpaired) electrons. The second kappa shape index (κ2) is 5.85. The topological polar surface area (TPSA) is 48.9 Å². The van der Waals surface area contributed by atoms with Crippen molar-refractivity contribution in [2.45, 2.75) is 13.5 Å². The van der Waals surface area contributed by atoms with E-state index in [4.69, 9.17) is 0 Å². The van der Waals surface area contributed by atoms with Gasteiger partial charge in [-0.25, -0.2) is 0 Å². The maximum atomic E-state index is 12.0. The first-order valence-corrected chi connectivity index (χ1v) is 7.08. The average molecular weight is 292 g/mol. The minimum atomic E-state index is -0.0504. The van der Waals surface area contributed by atoms with Crippen molar-refractivity contribution in [2.24, 2.45) is 0 Å². The molecule has 1 aromatic carbocycles. The predicted molar refractivity (Wildman–Crippen MR) is 84.4 cm³/mol. The molecule has 4 nitrogen and oxygen atoms in total. The smallest absolute Gasteiger partial charge is 0.226 e. The van der Waals surface area contributed by atoms with Gasteiger partial charge in [0, 0.05) is 36.6 Å². The minimum absolute atomic E-state index is 0.0504. The molecule has 0 saturated heterocycles. The molecule has 110 valence electrons. The van der Waals surface area contributed by atoms with E-state index in [1.54, 1.807) is 12.1 Å². The lowest BCUT2D eigenvalue weighted by Gasteiger charge is -2.05. The molecule has 0 aliphatic heterocycles. The molecule has 0 unspecified atom stereocenters. The molecule has 0 fully saturated rings. The van der Waals surface area contributed by atoms with Crippen molar-refractivity contribution in [3.05, 3.63) is 83.5 Å². The molecule has 0 amide bonds. The predicted octanol–water partition coefficient (Wildman–Crippen LogP) is 3.04. The lowest BCUT2D eigenvalue weighted by molar-refractivity contribution is -0.593. The summed E-state index contributed by atoms with van der Waals surface area (Å²) < 4.78 is 2.81. The van der Waals surface area contributed by atoms with Crippen molar-refractivity contribution in [2.75, 3.05) is 0 Å². The lowest BCUT2D eigenvalue weighted by Crippen LogP contribution is -2.28. The van der Waals surface area contributed by atoms with Crippen LogP contribution >= 0.6 is 0 Å². The zero-order chi connectivity index (χ0) is 15.5. The van der Waals surface area contributed by atoms with Crippen molar-refractivity contribution in [3.63, 3.8) is 0 Å². The molecule has 3 aromatic rings. The van der Waals surface area contributed by atoms with Crippen molar-refractivity contribution in [1.82, 2.24) is 4.57 Å². The normalized spacial score (nSPS) is 10.6. The number of rotatable bonds is 4. The van der Waals surface area contributed by atoms with Gasteiger partial charge in [0.1, 0.15) is 0 Å². The first kappa shape index (κ1) is 14.1. The van der Waals surface area contributed by atoms with E-state index >= 15 is 0 Å². The van der Waals surface area contributed by atoms with Crippen molar-refractivity contribution in [3.8, 4) is 11.3 Å². The van der Waals surface area contributed by atoms with Crippen molar-refractivity contribution >= 4 is 5.78 Å². The fraction of sp³-hybridized carbons (Fsp3) is 0.111. The molecule has 4 heteroatoms. The quantitative estimate of drug-likeness (QED) is 0.421. The van der Waals surface area contributed by atoms with Gasteiger partial charge in [-0.15, -0.1) is 0 Å². The van der Waals surface area contributed by atoms with E-state index in [0.717, 1.165) is 16.8 Å². The van der Waals surface area contributed by atoms with Gasteiger partial charge in [-0.2, -0.15) is 4.73 Å². The van der Waals surface area contributed by atoms with Crippen LogP contribution in [0, 0.1) is 5.21 Å². The Morgan fingerprint density at radius 2 is 1.95 bits per heavy atom. The van der Waals surface area contributed by atoms with Crippen molar-refractivity contribution in [1.29, 1.82) is 0 Å². The maximum absolute atomic E-state index is 12.0. The van der Waals surface area contributed by atoms with Crippen LogP contribution in [0.4, 0.5) is 0 Å². The van der Waals surface area contributed by atoms with Crippen LogP contribution in [0.15, 0.2) is 67.1 Å². The van der Waals surface area contributed by atoms with Gasteiger partial charge in [-0.3, -0.25) is 4.79 Å². The van der Waals surface area contributed by atoms with Crippen LogP contribution in [0.25, 0.3) is 11.3 Å². The molecule has 22 heavy (non-hydrogen) atoms. The monoisotopic (exact) mass is 292 g/mol. The van der Waals surface area contributed by atoms with Gasteiger partial charge in [0.2, 0.25) is 5.69 Å². The summed E-state index contributed by atoms with van der Waals surface area (Å²) >= 11 is 0. The summed E-state index contributed by atoms with van der Waals surface area (Å²) in [5, 5.41) is 12.0. The SMILES string of the molecule is CC(=O)c1cc[n+]([O-])c(-c2ccn(Cc3ccccc3)c2)c1. The Morgan fingerprint density at radius 3 is 2.68 bits per heavy atom. The lowest BCUT2D eigenvalue weighted by atomic mass is 10.1. The minimum Gasteiger partial charge on any atom is -0.618 e. The van der Waals surface area contributed by atoms with Gasteiger partial charge in [0.15, 0.2) is 12.0 Å². The third kappa shape index (κ3) is 2.91. The van der Waals surface area contributed by atoms with E-state index in [9.17, 15) is 10.0 Å². The van der Waals surface area contributed by atoms with E-state index in [1.165, 1.54) is 18.7 Å². The van der Waals surface area contributed by atoms with Gasteiger partial charge >= 0.3 is 0 Å². The third-order valence-corrected chi connectivity index (χ3v) is 3.58. The molecule has 0 bridgehead atoms. The highest BCUT2D eigenvalue weighted by molar-refractivity contribution is 5.94. The molecule has 0 N–H and O–H groups in total. The van der Waals surface area contributed by atoms with Crippen LogP contribution < -0.4 is 4.73 Å². The van der Waals surface area contributed by atoms with Crippen LogP contribution in [0.1, 0.15) is 22.8 Å². The standard InChI is InChI=1S/C18H16N2O2/c1-14(21)16-8-10-20(22)18(11-16)17-7-9-19(13-17)12-15-5-3-2-4-6-15/h2-11,13H,12H2,1H3. The zero-order valence-corrected chi connectivity index (χ0v) is 12.3. The summed E-state index contributed by atoms with van der Waals surface area (Å²) in [6, 6.07) is 15.2. The second-order valence-corrected chi connectivity index (χ2v) is 5.24. The first-order chi connectivity index (χ1) is 10.6. The van der Waals surface area contributed by atoms with Gasteiger partial charge < -0.3 is 9.77 Å². The number of benzene rings is 1. The van der Waals surface area contributed by atoms with Gasteiger partial charge in [-0.1, -0.05) is 30.3 Å². The number of aromatic nitrogens is 2.